The second kappa shape index (κ2) is 11.3. The Morgan fingerprint density at radius 2 is 1.90 bits per heavy atom. The molecule has 1 aromatic carbocycles. The molecule has 0 spiro atoms. The molecule has 0 aliphatic carbocycles. The standard InChI is InChI=1S/C20H30F3N3O3/c1-3-12-29-18-14-16(2)5-6-17(18)24-19(27)26-10-8-25(9-11-26)7-4-13-28-15-20(21,22)23/h5-6,14H,3-4,7-13,15H2,1-2H3,(H,24,27). The van der Waals surface area contributed by atoms with Crippen molar-refractivity contribution in [2.24, 2.45) is 0 Å². The first-order chi connectivity index (χ1) is 13.8. The highest BCUT2D eigenvalue weighted by molar-refractivity contribution is 5.91. The van der Waals surface area contributed by atoms with Crippen molar-refractivity contribution < 1.29 is 27.4 Å². The Labute approximate surface area is 169 Å². The van der Waals surface area contributed by atoms with Gasteiger partial charge in [-0.1, -0.05) is 13.0 Å². The average Bonchev–Trinajstić information content (AvgIpc) is 2.67. The smallest absolute Gasteiger partial charge is 0.411 e. The fourth-order valence-electron chi connectivity index (χ4n) is 3.01. The summed E-state index contributed by atoms with van der Waals surface area (Å²) in [5.41, 5.74) is 1.71. The summed E-state index contributed by atoms with van der Waals surface area (Å²) in [7, 11) is 0. The van der Waals surface area contributed by atoms with Crippen molar-refractivity contribution in [2.45, 2.75) is 32.9 Å². The van der Waals surface area contributed by atoms with Crippen molar-refractivity contribution in [3.05, 3.63) is 23.8 Å². The summed E-state index contributed by atoms with van der Waals surface area (Å²) in [6.45, 7) is 6.59. The number of alkyl halides is 3. The van der Waals surface area contributed by atoms with E-state index in [-0.39, 0.29) is 12.6 Å². The summed E-state index contributed by atoms with van der Waals surface area (Å²) in [4.78, 5) is 16.5. The number of benzene rings is 1. The number of halogens is 3. The Morgan fingerprint density at radius 3 is 2.55 bits per heavy atom. The highest BCUT2D eigenvalue weighted by Crippen LogP contribution is 2.26. The lowest BCUT2D eigenvalue weighted by molar-refractivity contribution is -0.174. The number of hydrogen-bond acceptors (Lipinski definition) is 4. The van der Waals surface area contributed by atoms with Crippen molar-refractivity contribution in [1.29, 1.82) is 0 Å². The van der Waals surface area contributed by atoms with Crippen LogP contribution in [0.5, 0.6) is 5.75 Å². The highest BCUT2D eigenvalue weighted by atomic mass is 19.4. The van der Waals surface area contributed by atoms with E-state index in [2.05, 4.69) is 15.0 Å². The van der Waals surface area contributed by atoms with Crippen LogP contribution in [-0.2, 0) is 4.74 Å². The van der Waals surface area contributed by atoms with Crippen LogP contribution in [0.15, 0.2) is 18.2 Å². The topological polar surface area (TPSA) is 54.0 Å². The van der Waals surface area contributed by atoms with Gasteiger partial charge in [-0.3, -0.25) is 4.90 Å². The molecule has 0 saturated carbocycles. The zero-order chi connectivity index (χ0) is 21.3. The summed E-state index contributed by atoms with van der Waals surface area (Å²) in [5, 5.41) is 2.92. The molecule has 1 aliphatic heterocycles. The van der Waals surface area contributed by atoms with Crippen LogP contribution < -0.4 is 10.1 Å². The normalized spacial score (nSPS) is 15.4. The van der Waals surface area contributed by atoms with E-state index in [0.717, 1.165) is 12.0 Å². The molecular weight excluding hydrogens is 387 g/mol. The predicted octanol–water partition coefficient (Wildman–Crippen LogP) is 3.90. The van der Waals surface area contributed by atoms with Gasteiger partial charge in [0.15, 0.2) is 0 Å². The van der Waals surface area contributed by atoms with Crippen molar-refractivity contribution in [3.63, 3.8) is 0 Å². The van der Waals surface area contributed by atoms with Crippen LogP contribution in [0.1, 0.15) is 25.3 Å². The van der Waals surface area contributed by atoms with E-state index in [1.165, 1.54) is 0 Å². The van der Waals surface area contributed by atoms with Gasteiger partial charge in [0.05, 0.1) is 12.3 Å². The number of urea groups is 1. The summed E-state index contributed by atoms with van der Waals surface area (Å²) in [5.74, 6) is 0.665. The average molecular weight is 417 g/mol. The molecule has 29 heavy (non-hydrogen) atoms. The van der Waals surface area contributed by atoms with Crippen molar-refractivity contribution >= 4 is 11.7 Å². The molecule has 1 N–H and O–H groups in total. The maximum absolute atomic E-state index is 12.6. The van der Waals surface area contributed by atoms with Gasteiger partial charge in [0, 0.05) is 39.3 Å². The predicted molar refractivity (Wildman–Crippen MR) is 105 cm³/mol. The van der Waals surface area contributed by atoms with Gasteiger partial charge >= 0.3 is 12.2 Å². The lowest BCUT2D eigenvalue weighted by Crippen LogP contribution is -2.50. The van der Waals surface area contributed by atoms with Crippen molar-refractivity contribution in [1.82, 2.24) is 9.80 Å². The summed E-state index contributed by atoms with van der Waals surface area (Å²) < 4.78 is 46.5. The number of carbonyl (C=O) groups is 1. The Bertz CT molecular complexity index is 648. The fourth-order valence-corrected chi connectivity index (χ4v) is 3.01. The van der Waals surface area contributed by atoms with E-state index < -0.39 is 12.8 Å². The minimum Gasteiger partial charge on any atom is -0.491 e. The zero-order valence-electron chi connectivity index (χ0n) is 17.1. The second-order valence-corrected chi connectivity index (χ2v) is 7.13. The van der Waals surface area contributed by atoms with Crippen LogP contribution in [0, 0.1) is 6.92 Å². The molecule has 2 rings (SSSR count). The van der Waals surface area contributed by atoms with Crippen molar-refractivity contribution in [3.8, 4) is 5.75 Å². The molecule has 0 atom stereocenters. The number of aryl methyl sites for hydroxylation is 1. The summed E-state index contributed by atoms with van der Waals surface area (Å²) in [6, 6.07) is 5.50. The van der Waals surface area contributed by atoms with E-state index in [0.29, 0.717) is 57.2 Å². The number of hydrogen-bond donors (Lipinski definition) is 1. The number of nitrogens with one attached hydrogen (secondary N) is 1. The third-order valence-electron chi connectivity index (χ3n) is 4.53. The van der Waals surface area contributed by atoms with Gasteiger partial charge in [-0.05, 0) is 37.5 Å². The van der Waals surface area contributed by atoms with Gasteiger partial charge in [-0.25, -0.2) is 4.79 Å². The molecule has 2 amide bonds. The van der Waals surface area contributed by atoms with Gasteiger partial charge < -0.3 is 19.7 Å². The van der Waals surface area contributed by atoms with Gasteiger partial charge in [-0.2, -0.15) is 13.2 Å². The third-order valence-corrected chi connectivity index (χ3v) is 4.53. The minimum absolute atomic E-state index is 0.0776. The Kier molecular flexibility index (Phi) is 9.03. The molecule has 1 fully saturated rings. The fraction of sp³-hybridized carbons (Fsp3) is 0.650. The molecule has 0 radical (unpaired) electrons. The molecule has 164 valence electrons. The number of piperazine rings is 1. The Morgan fingerprint density at radius 1 is 1.17 bits per heavy atom. The van der Waals surface area contributed by atoms with Crippen LogP contribution in [0.2, 0.25) is 0 Å². The van der Waals surface area contributed by atoms with E-state index in [9.17, 15) is 18.0 Å². The quantitative estimate of drug-likeness (QED) is 0.619. The van der Waals surface area contributed by atoms with E-state index in [1.54, 1.807) is 4.90 Å². The van der Waals surface area contributed by atoms with Crippen LogP contribution in [-0.4, -0.2) is 74.6 Å². The van der Waals surface area contributed by atoms with Crippen LogP contribution in [0.4, 0.5) is 23.7 Å². The van der Waals surface area contributed by atoms with E-state index in [1.807, 2.05) is 32.0 Å². The van der Waals surface area contributed by atoms with Gasteiger partial charge in [0.2, 0.25) is 0 Å². The number of rotatable bonds is 9. The first kappa shape index (κ1) is 23.3. The molecule has 0 aromatic heterocycles. The largest absolute Gasteiger partial charge is 0.491 e. The number of anilines is 1. The minimum atomic E-state index is -4.28. The highest BCUT2D eigenvalue weighted by Gasteiger charge is 2.27. The molecule has 1 heterocycles. The molecule has 0 bridgehead atoms. The lowest BCUT2D eigenvalue weighted by Gasteiger charge is -2.34. The Balaban J connectivity index is 1.73. The summed E-state index contributed by atoms with van der Waals surface area (Å²) in [6.07, 6.45) is -2.87. The van der Waals surface area contributed by atoms with Crippen LogP contribution in [0.3, 0.4) is 0 Å². The SMILES string of the molecule is CCCOc1cc(C)ccc1NC(=O)N1CCN(CCCOCC(F)(F)F)CC1. The van der Waals surface area contributed by atoms with Gasteiger partial charge in [-0.15, -0.1) is 0 Å². The maximum atomic E-state index is 12.6. The molecule has 9 heteroatoms. The maximum Gasteiger partial charge on any atom is 0.411 e. The van der Waals surface area contributed by atoms with Crippen LogP contribution >= 0.6 is 0 Å². The molecule has 6 nitrogen and oxygen atoms in total. The number of amides is 2. The number of ether oxygens (including phenoxy) is 2. The lowest BCUT2D eigenvalue weighted by atomic mass is 10.2. The van der Waals surface area contributed by atoms with E-state index in [4.69, 9.17) is 4.74 Å². The summed E-state index contributed by atoms with van der Waals surface area (Å²) >= 11 is 0. The van der Waals surface area contributed by atoms with E-state index >= 15 is 0 Å². The zero-order valence-corrected chi connectivity index (χ0v) is 17.1. The molecule has 1 aromatic rings. The molecule has 0 unspecified atom stereocenters. The molecule has 1 aliphatic rings. The first-order valence-electron chi connectivity index (χ1n) is 9.94. The Hall–Kier alpha value is -2.00. The monoisotopic (exact) mass is 417 g/mol. The van der Waals surface area contributed by atoms with Crippen LogP contribution in [0.25, 0.3) is 0 Å². The first-order valence-corrected chi connectivity index (χ1v) is 9.94. The molecule has 1 saturated heterocycles. The number of carbonyl (C=O) groups excluding carboxylic acids is 1. The molecular formula is C20H30F3N3O3. The third kappa shape index (κ3) is 8.49. The number of nitrogens with zero attached hydrogens (tertiary/aromatic N) is 2. The second-order valence-electron chi connectivity index (χ2n) is 7.13. The van der Waals surface area contributed by atoms with Gasteiger partial charge in [0.1, 0.15) is 12.4 Å². The van der Waals surface area contributed by atoms with Crippen molar-refractivity contribution in [2.75, 3.05) is 57.9 Å². The van der Waals surface area contributed by atoms with Gasteiger partial charge in [0.25, 0.3) is 0 Å².